The van der Waals surface area contributed by atoms with Crippen LogP contribution in [0.4, 0.5) is 0 Å². The molecule has 102 valence electrons. The van der Waals surface area contributed by atoms with E-state index in [0.717, 1.165) is 4.31 Å². The van der Waals surface area contributed by atoms with E-state index >= 15 is 0 Å². The lowest BCUT2D eigenvalue weighted by atomic mass is 10.4. The van der Waals surface area contributed by atoms with Crippen molar-refractivity contribution in [2.75, 3.05) is 7.05 Å². The zero-order valence-electron chi connectivity index (χ0n) is 10.4. The average Bonchev–Trinajstić information content (AvgIpc) is 2.75. The van der Waals surface area contributed by atoms with Crippen LogP contribution in [0.3, 0.4) is 0 Å². The van der Waals surface area contributed by atoms with Crippen molar-refractivity contribution in [1.82, 2.24) is 14.4 Å². The summed E-state index contributed by atoms with van der Waals surface area (Å²) in [7, 11) is -2.25. The highest BCUT2D eigenvalue weighted by molar-refractivity contribution is 7.89. The third kappa shape index (κ3) is 2.94. The van der Waals surface area contributed by atoms with Crippen LogP contribution in [0.25, 0.3) is 0 Å². The van der Waals surface area contributed by atoms with Gasteiger partial charge in [0.1, 0.15) is 10.7 Å². The summed E-state index contributed by atoms with van der Waals surface area (Å²) < 4.78 is 30.7. The van der Waals surface area contributed by atoms with Crippen LogP contribution in [0, 0.1) is 6.92 Å². The fraction of sp³-hybridized carbons (Fsp3) is 0.273. The molecule has 0 aliphatic heterocycles. The van der Waals surface area contributed by atoms with Crippen molar-refractivity contribution < 1.29 is 12.9 Å². The summed E-state index contributed by atoms with van der Waals surface area (Å²) in [5.41, 5.74) is 0.531. The first-order valence-electron chi connectivity index (χ1n) is 5.39. The van der Waals surface area contributed by atoms with Gasteiger partial charge in [0, 0.05) is 25.5 Å². The Morgan fingerprint density at radius 2 is 2.21 bits per heavy atom. The second kappa shape index (κ2) is 5.28. The number of rotatable bonds is 4. The maximum atomic E-state index is 12.3. The second-order valence-corrected chi connectivity index (χ2v) is 6.42. The van der Waals surface area contributed by atoms with E-state index in [1.807, 2.05) is 0 Å². The molecule has 19 heavy (non-hydrogen) atoms. The highest BCUT2D eigenvalue weighted by atomic mass is 35.5. The molecule has 0 bridgehead atoms. The first-order valence-corrected chi connectivity index (χ1v) is 7.21. The first-order chi connectivity index (χ1) is 8.91. The lowest BCUT2D eigenvalue weighted by Gasteiger charge is -2.16. The van der Waals surface area contributed by atoms with Crippen molar-refractivity contribution >= 4 is 21.6 Å². The van der Waals surface area contributed by atoms with Gasteiger partial charge in [-0.3, -0.25) is 4.98 Å². The Morgan fingerprint density at radius 3 is 2.79 bits per heavy atom. The predicted molar refractivity (Wildman–Crippen MR) is 69.1 cm³/mol. The lowest BCUT2D eigenvalue weighted by Crippen LogP contribution is -2.27. The third-order valence-corrected chi connectivity index (χ3v) is 4.76. The van der Waals surface area contributed by atoms with E-state index in [9.17, 15) is 8.42 Å². The molecule has 0 aliphatic rings. The standard InChI is InChI=1S/C11H12ClN3O3S/c1-8-5-9(14-18-8)7-15(2)19(16,17)11-6-13-4-3-10(11)12/h3-6H,7H2,1-2H3. The molecular formula is C11H12ClN3O3S. The van der Waals surface area contributed by atoms with Crippen molar-refractivity contribution in [2.24, 2.45) is 0 Å². The minimum Gasteiger partial charge on any atom is -0.361 e. The molecule has 0 atom stereocenters. The van der Waals surface area contributed by atoms with Crippen LogP contribution in [-0.4, -0.2) is 29.9 Å². The topological polar surface area (TPSA) is 76.3 Å². The van der Waals surface area contributed by atoms with E-state index in [-0.39, 0.29) is 16.5 Å². The number of hydrogen-bond donors (Lipinski definition) is 0. The smallest absolute Gasteiger partial charge is 0.246 e. The molecule has 0 amide bonds. The molecule has 0 radical (unpaired) electrons. The normalized spacial score (nSPS) is 12.0. The summed E-state index contributed by atoms with van der Waals surface area (Å²) in [6.45, 7) is 1.84. The van der Waals surface area contributed by atoms with Crippen LogP contribution in [0.15, 0.2) is 33.9 Å². The number of aromatic nitrogens is 2. The van der Waals surface area contributed by atoms with Crippen molar-refractivity contribution in [2.45, 2.75) is 18.4 Å². The molecular weight excluding hydrogens is 290 g/mol. The van der Waals surface area contributed by atoms with E-state index in [0.29, 0.717) is 11.5 Å². The molecule has 0 aromatic carbocycles. The third-order valence-electron chi connectivity index (χ3n) is 2.48. The summed E-state index contributed by atoms with van der Waals surface area (Å²) in [5, 5.41) is 3.89. The Labute approximate surface area is 116 Å². The van der Waals surface area contributed by atoms with E-state index in [1.54, 1.807) is 13.0 Å². The number of pyridine rings is 1. The van der Waals surface area contributed by atoms with Crippen molar-refractivity contribution in [1.29, 1.82) is 0 Å². The quantitative estimate of drug-likeness (QED) is 0.861. The molecule has 0 spiro atoms. The number of hydrogen-bond acceptors (Lipinski definition) is 5. The molecule has 2 heterocycles. The largest absolute Gasteiger partial charge is 0.361 e. The Hall–Kier alpha value is -1.44. The Morgan fingerprint density at radius 1 is 1.47 bits per heavy atom. The Balaban J connectivity index is 2.27. The zero-order chi connectivity index (χ0) is 14.0. The summed E-state index contributed by atoms with van der Waals surface area (Å²) >= 11 is 5.88. The van der Waals surface area contributed by atoms with Crippen LogP contribution in [0.2, 0.25) is 5.02 Å². The van der Waals surface area contributed by atoms with Gasteiger partial charge in [-0.2, -0.15) is 4.31 Å². The van der Waals surface area contributed by atoms with Gasteiger partial charge in [0.25, 0.3) is 0 Å². The fourth-order valence-electron chi connectivity index (χ4n) is 1.53. The highest BCUT2D eigenvalue weighted by Crippen LogP contribution is 2.23. The van der Waals surface area contributed by atoms with Gasteiger partial charge in [0.2, 0.25) is 10.0 Å². The SMILES string of the molecule is Cc1cc(CN(C)S(=O)(=O)c2cnccc2Cl)no1. The molecule has 2 aromatic heterocycles. The molecule has 0 saturated heterocycles. The minimum absolute atomic E-state index is 0.0283. The summed E-state index contributed by atoms with van der Waals surface area (Å²) in [4.78, 5) is 3.75. The number of sulfonamides is 1. The van der Waals surface area contributed by atoms with Gasteiger partial charge in [-0.15, -0.1) is 0 Å². The highest BCUT2D eigenvalue weighted by Gasteiger charge is 2.24. The van der Waals surface area contributed by atoms with Gasteiger partial charge >= 0.3 is 0 Å². The zero-order valence-corrected chi connectivity index (χ0v) is 11.9. The molecule has 0 unspecified atom stereocenters. The van der Waals surface area contributed by atoms with Crippen LogP contribution in [0.1, 0.15) is 11.5 Å². The second-order valence-electron chi connectivity index (χ2n) is 4.00. The molecule has 6 nitrogen and oxygen atoms in total. The van der Waals surface area contributed by atoms with Gasteiger partial charge in [-0.25, -0.2) is 8.42 Å². The van der Waals surface area contributed by atoms with Crippen molar-refractivity contribution in [3.05, 3.63) is 41.0 Å². The molecule has 8 heteroatoms. The number of halogens is 1. The molecule has 0 N–H and O–H groups in total. The minimum atomic E-state index is -3.70. The average molecular weight is 302 g/mol. The van der Waals surface area contributed by atoms with E-state index in [4.69, 9.17) is 16.1 Å². The van der Waals surface area contributed by atoms with Crippen molar-refractivity contribution in [3.63, 3.8) is 0 Å². The molecule has 2 aromatic rings. The van der Waals surface area contributed by atoms with Gasteiger partial charge in [0.15, 0.2) is 0 Å². The van der Waals surface area contributed by atoms with Crippen LogP contribution < -0.4 is 0 Å². The maximum Gasteiger partial charge on any atom is 0.246 e. The molecule has 0 aliphatic carbocycles. The molecule has 2 rings (SSSR count). The Kier molecular flexibility index (Phi) is 3.88. The summed E-state index contributed by atoms with van der Waals surface area (Å²) in [6.07, 6.45) is 2.66. The summed E-state index contributed by atoms with van der Waals surface area (Å²) in [6, 6.07) is 3.11. The van der Waals surface area contributed by atoms with Gasteiger partial charge in [0.05, 0.1) is 17.3 Å². The Bertz CT molecular complexity index is 684. The monoisotopic (exact) mass is 301 g/mol. The van der Waals surface area contributed by atoms with Crippen LogP contribution in [0.5, 0.6) is 0 Å². The van der Waals surface area contributed by atoms with Crippen LogP contribution >= 0.6 is 11.6 Å². The van der Waals surface area contributed by atoms with Gasteiger partial charge in [-0.05, 0) is 13.0 Å². The van der Waals surface area contributed by atoms with Crippen molar-refractivity contribution in [3.8, 4) is 0 Å². The number of aryl methyl sites for hydroxylation is 1. The predicted octanol–water partition coefficient (Wildman–Crippen LogP) is 1.85. The summed E-state index contributed by atoms with van der Waals surface area (Å²) in [5.74, 6) is 0.625. The van der Waals surface area contributed by atoms with Gasteiger partial charge in [-0.1, -0.05) is 16.8 Å². The maximum absolute atomic E-state index is 12.3. The van der Waals surface area contributed by atoms with E-state index < -0.39 is 10.0 Å². The fourth-order valence-corrected chi connectivity index (χ4v) is 3.07. The van der Waals surface area contributed by atoms with Gasteiger partial charge < -0.3 is 4.52 Å². The van der Waals surface area contributed by atoms with E-state index in [1.165, 1.54) is 25.5 Å². The molecule has 0 fully saturated rings. The van der Waals surface area contributed by atoms with E-state index in [2.05, 4.69) is 10.1 Å². The first kappa shape index (κ1) is 14.0. The van der Waals surface area contributed by atoms with Crippen LogP contribution in [-0.2, 0) is 16.6 Å². The molecule has 0 saturated carbocycles. The lowest BCUT2D eigenvalue weighted by molar-refractivity contribution is 0.378. The number of nitrogens with zero attached hydrogens (tertiary/aromatic N) is 3.